The molecule has 0 unspecified atom stereocenters. The maximum atomic E-state index is 9.25. The van der Waals surface area contributed by atoms with Crippen molar-refractivity contribution in [1.29, 1.82) is 5.26 Å². The number of benzene rings is 1. The fourth-order valence-electron chi connectivity index (χ4n) is 2.07. The molecule has 0 aliphatic carbocycles. The van der Waals surface area contributed by atoms with E-state index in [2.05, 4.69) is 16.4 Å². The summed E-state index contributed by atoms with van der Waals surface area (Å²) in [6.07, 6.45) is 0. The summed E-state index contributed by atoms with van der Waals surface area (Å²) in [4.78, 5) is 4.52. The molecular weight excluding hydrogens is 250 g/mol. The molecule has 4 heteroatoms. The van der Waals surface area contributed by atoms with Crippen molar-refractivity contribution in [1.82, 2.24) is 4.98 Å². The maximum absolute atomic E-state index is 9.25. The van der Waals surface area contributed by atoms with Crippen LogP contribution in [0.3, 0.4) is 0 Å². The Kier molecular flexibility index (Phi) is 4.21. The van der Waals surface area contributed by atoms with Crippen molar-refractivity contribution in [3.63, 3.8) is 0 Å². The summed E-state index contributed by atoms with van der Waals surface area (Å²) in [5.41, 5.74) is 1.13. The van der Waals surface area contributed by atoms with Crippen LogP contribution in [0.4, 0.5) is 5.82 Å². The summed E-state index contributed by atoms with van der Waals surface area (Å²) in [7, 11) is 0. The predicted octanol–water partition coefficient (Wildman–Crippen LogP) is 3.33. The third kappa shape index (κ3) is 3.25. The second-order valence-electron chi connectivity index (χ2n) is 5.24. The highest BCUT2D eigenvalue weighted by Gasteiger charge is 2.18. The predicted molar refractivity (Wildman–Crippen MR) is 80.7 cm³/mol. The Bertz CT molecular complexity index is 644. The standard InChI is InChI=1S/C16H19N3O/c1-4-20-16(2,3)11-18-15-13(10-17)9-12-7-5-6-8-14(12)19-15/h5-9H,4,11H2,1-3H3,(H,18,19). The molecule has 1 heterocycles. The number of hydrogen-bond acceptors (Lipinski definition) is 4. The van der Waals surface area contributed by atoms with Gasteiger partial charge in [0.2, 0.25) is 0 Å². The van der Waals surface area contributed by atoms with Gasteiger partial charge in [-0.2, -0.15) is 5.26 Å². The number of ether oxygens (including phenoxy) is 1. The zero-order valence-corrected chi connectivity index (χ0v) is 12.1. The monoisotopic (exact) mass is 269 g/mol. The largest absolute Gasteiger partial charge is 0.374 e. The molecule has 20 heavy (non-hydrogen) atoms. The van der Waals surface area contributed by atoms with E-state index in [1.165, 1.54) is 0 Å². The first kappa shape index (κ1) is 14.3. The number of nitriles is 1. The number of nitrogens with zero attached hydrogens (tertiary/aromatic N) is 2. The van der Waals surface area contributed by atoms with Gasteiger partial charge in [0.15, 0.2) is 0 Å². The summed E-state index contributed by atoms with van der Waals surface area (Å²) in [5.74, 6) is 0.610. The molecular formula is C16H19N3O. The van der Waals surface area contributed by atoms with Gasteiger partial charge in [-0.15, -0.1) is 0 Å². The highest BCUT2D eigenvalue weighted by atomic mass is 16.5. The number of anilines is 1. The molecule has 0 spiro atoms. The van der Waals surface area contributed by atoms with Crippen LogP contribution >= 0.6 is 0 Å². The number of aromatic nitrogens is 1. The quantitative estimate of drug-likeness (QED) is 0.904. The first-order valence-electron chi connectivity index (χ1n) is 6.73. The van der Waals surface area contributed by atoms with E-state index in [-0.39, 0.29) is 5.60 Å². The molecule has 1 aromatic carbocycles. The summed E-state index contributed by atoms with van der Waals surface area (Å²) in [6, 6.07) is 11.8. The number of hydrogen-bond donors (Lipinski definition) is 1. The van der Waals surface area contributed by atoms with E-state index in [0.29, 0.717) is 24.5 Å². The van der Waals surface area contributed by atoms with Crippen molar-refractivity contribution in [3.8, 4) is 6.07 Å². The molecule has 0 radical (unpaired) electrons. The normalized spacial score (nSPS) is 11.3. The van der Waals surface area contributed by atoms with Crippen molar-refractivity contribution in [2.75, 3.05) is 18.5 Å². The van der Waals surface area contributed by atoms with Gasteiger partial charge in [0.05, 0.1) is 16.7 Å². The number of pyridine rings is 1. The van der Waals surface area contributed by atoms with Gasteiger partial charge in [-0.05, 0) is 32.9 Å². The third-order valence-corrected chi connectivity index (χ3v) is 3.06. The topological polar surface area (TPSA) is 57.9 Å². The Balaban J connectivity index is 2.27. The fraction of sp³-hybridized carbons (Fsp3) is 0.375. The van der Waals surface area contributed by atoms with Crippen molar-refractivity contribution in [2.45, 2.75) is 26.4 Å². The van der Waals surface area contributed by atoms with Crippen molar-refractivity contribution < 1.29 is 4.74 Å². The minimum atomic E-state index is -0.297. The fourth-order valence-corrected chi connectivity index (χ4v) is 2.07. The third-order valence-electron chi connectivity index (χ3n) is 3.06. The first-order valence-corrected chi connectivity index (χ1v) is 6.73. The molecule has 0 bridgehead atoms. The lowest BCUT2D eigenvalue weighted by atomic mass is 10.1. The lowest BCUT2D eigenvalue weighted by molar-refractivity contribution is 0.000644. The van der Waals surface area contributed by atoms with Gasteiger partial charge in [0, 0.05) is 18.5 Å². The molecule has 0 atom stereocenters. The van der Waals surface area contributed by atoms with Crippen molar-refractivity contribution in [2.24, 2.45) is 0 Å². The number of para-hydroxylation sites is 1. The highest BCUT2D eigenvalue weighted by Crippen LogP contribution is 2.20. The highest BCUT2D eigenvalue weighted by molar-refractivity contribution is 5.82. The number of nitrogens with one attached hydrogen (secondary N) is 1. The van der Waals surface area contributed by atoms with E-state index in [9.17, 15) is 5.26 Å². The van der Waals surface area contributed by atoms with Crippen LogP contribution in [0.5, 0.6) is 0 Å². The summed E-state index contributed by atoms with van der Waals surface area (Å²) >= 11 is 0. The molecule has 4 nitrogen and oxygen atoms in total. The molecule has 1 N–H and O–H groups in total. The molecule has 0 saturated carbocycles. The average molecular weight is 269 g/mol. The van der Waals surface area contributed by atoms with E-state index in [1.54, 1.807) is 0 Å². The average Bonchev–Trinajstić information content (AvgIpc) is 2.44. The van der Waals surface area contributed by atoms with Crippen LogP contribution in [-0.4, -0.2) is 23.7 Å². The van der Waals surface area contributed by atoms with Gasteiger partial charge >= 0.3 is 0 Å². The first-order chi connectivity index (χ1) is 9.55. The van der Waals surface area contributed by atoms with Crippen LogP contribution in [0, 0.1) is 11.3 Å². The molecule has 104 valence electrons. The maximum Gasteiger partial charge on any atom is 0.144 e. The van der Waals surface area contributed by atoms with Gasteiger partial charge in [0.1, 0.15) is 11.9 Å². The summed E-state index contributed by atoms with van der Waals surface area (Å²) in [6.45, 7) is 7.25. The SMILES string of the molecule is CCOC(C)(C)CNc1nc2ccccc2cc1C#N. The van der Waals surface area contributed by atoms with Crippen molar-refractivity contribution >= 4 is 16.7 Å². The van der Waals surface area contributed by atoms with Crippen LogP contribution < -0.4 is 5.32 Å². The molecule has 0 fully saturated rings. The second kappa shape index (κ2) is 5.89. The molecule has 2 aromatic rings. The number of fused-ring (bicyclic) bond motifs is 1. The minimum absolute atomic E-state index is 0.297. The van der Waals surface area contributed by atoms with Crippen LogP contribution in [0.15, 0.2) is 30.3 Å². The van der Waals surface area contributed by atoms with E-state index in [1.807, 2.05) is 51.1 Å². The van der Waals surface area contributed by atoms with Gasteiger partial charge in [-0.1, -0.05) is 18.2 Å². The second-order valence-corrected chi connectivity index (χ2v) is 5.24. The summed E-state index contributed by atoms with van der Waals surface area (Å²) in [5, 5.41) is 13.4. The Labute approximate surface area is 119 Å². The zero-order valence-electron chi connectivity index (χ0n) is 12.1. The molecule has 1 aromatic heterocycles. The lowest BCUT2D eigenvalue weighted by Crippen LogP contribution is -2.33. The smallest absolute Gasteiger partial charge is 0.144 e. The Morgan fingerprint density at radius 1 is 1.35 bits per heavy atom. The van der Waals surface area contributed by atoms with E-state index in [0.717, 1.165) is 10.9 Å². The van der Waals surface area contributed by atoms with Crippen LogP contribution in [0.25, 0.3) is 10.9 Å². The zero-order chi connectivity index (χ0) is 14.6. The molecule has 2 rings (SSSR count). The van der Waals surface area contributed by atoms with E-state index in [4.69, 9.17) is 4.74 Å². The summed E-state index contributed by atoms with van der Waals surface area (Å²) < 4.78 is 5.64. The minimum Gasteiger partial charge on any atom is -0.374 e. The van der Waals surface area contributed by atoms with Crippen molar-refractivity contribution in [3.05, 3.63) is 35.9 Å². The molecule has 0 aliphatic rings. The van der Waals surface area contributed by atoms with E-state index >= 15 is 0 Å². The van der Waals surface area contributed by atoms with Gasteiger partial charge < -0.3 is 10.1 Å². The lowest BCUT2D eigenvalue weighted by Gasteiger charge is -2.25. The molecule has 0 saturated heterocycles. The van der Waals surface area contributed by atoms with Crippen LogP contribution in [0.2, 0.25) is 0 Å². The van der Waals surface area contributed by atoms with Gasteiger partial charge in [-0.25, -0.2) is 4.98 Å². The Morgan fingerprint density at radius 3 is 2.80 bits per heavy atom. The number of rotatable bonds is 5. The van der Waals surface area contributed by atoms with Gasteiger partial charge in [-0.3, -0.25) is 0 Å². The Morgan fingerprint density at radius 2 is 2.10 bits per heavy atom. The molecule has 0 amide bonds. The Hall–Kier alpha value is -2.12. The van der Waals surface area contributed by atoms with E-state index < -0.39 is 0 Å². The molecule has 0 aliphatic heterocycles. The van der Waals surface area contributed by atoms with Gasteiger partial charge in [0.25, 0.3) is 0 Å². The van der Waals surface area contributed by atoms with Crippen LogP contribution in [0.1, 0.15) is 26.3 Å². The van der Waals surface area contributed by atoms with Crippen LogP contribution in [-0.2, 0) is 4.74 Å².